The van der Waals surface area contributed by atoms with E-state index in [2.05, 4.69) is 36.3 Å². The maximum Gasteiger partial charge on any atom is 0.0585 e. The van der Waals surface area contributed by atoms with E-state index in [1.54, 1.807) is 6.21 Å². The first-order valence-corrected chi connectivity index (χ1v) is 6.13. The van der Waals surface area contributed by atoms with Crippen molar-refractivity contribution in [1.82, 2.24) is 0 Å². The minimum Gasteiger partial charge on any atom is -0.411 e. The van der Waals surface area contributed by atoms with Gasteiger partial charge in [0.2, 0.25) is 0 Å². The van der Waals surface area contributed by atoms with E-state index in [4.69, 9.17) is 5.21 Å². The maximum absolute atomic E-state index is 9.03. The average Bonchev–Trinajstić information content (AvgIpc) is 2.47. The molecular formula is C16H17NO. The van der Waals surface area contributed by atoms with Crippen LogP contribution in [0.4, 0.5) is 0 Å². The molecule has 0 atom stereocenters. The Morgan fingerprint density at radius 1 is 0.944 bits per heavy atom. The summed E-state index contributed by atoms with van der Waals surface area (Å²) in [6.45, 7) is 2.10. The first-order valence-electron chi connectivity index (χ1n) is 6.13. The summed E-state index contributed by atoms with van der Waals surface area (Å²) in [6, 6.07) is 20.3. The standard InChI is InChI=1S/C16H17NO/c1-2-16(13-17-18,14-9-5-3-6-10-14)15-11-7-4-8-12-15/h3-13,18H,2H2,1H3. The van der Waals surface area contributed by atoms with Crippen LogP contribution in [0.3, 0.4) is 0 Å². The lowest BCUT2D eigenvalue weighted by molar-refractivity contribution is 0.317. The molecule has 0 spiro atoms. The molecule has 1 N–H and O–H groups in total. The molecule has 0 aliphatic heterocycles. The van der Waals surface area contributed by atoms with Crippen molar-refractivity contribution in [2.24, 2.45) is 5.16 Å². The molecule has 0 fully saturated rings. The van der Waals surface area contributed by atoms with Crippen LogP contribution in [-0.4, -0.2) is 11.4 Å². The molecule has 2 nitrogen and oxygen atoms in total. The summed E-state index contributed by atoms with van der Waals surface area (Å²) in [7, 11) is 0. The van der Waals surface area contributed by atoms with Crippen molar-refractivity contribution >= 4 is 6.21 Å². The first-order chi connectivity index (χ1) is 8.83. The number of oxime groups is 1. The number of hydrogen-bond acceptors (Lipinski definition) is 2. The van der Waals surface area contributed by atoms with Gasteiger partial charge in [-0.05, 0) is 17.5 Å². The fraction of sp³-hybridized carbons (Fsp3) is 0.188. The van der Waals surface area contributed by atoms with Crippen molar-refractivity contribution < 1.29 is 5.21 Å². The van der Waals surface area contributed by atoms with Gasteiger partial charge in [0.15, 0.2) is 0 Å². The van der Waals surface area contributed by atoms with Gasteiger partial charge < -0.3 is 5.21 Å². The van der Waals surface area contributed by atoms with Crippen LogP contribution < -0.4 is 0 Å². The van der Waals surface area contributed by atoms with Crippen LogP contribution in [0.1, 0.15) is 24.5 Å². The Morgan fingerprint density at radius 2 is 1.39 bits per heavy atom. The van der Waals surface area contributed by atoms with E-state index in [1.807, 2.05) is 36.4 Å². The third-order valence-electron chi connectivity index (χ3n) is 3.41. The predicted molar refractivity (Wildman–Crippen MR) is 74.2 cm³/mol. The fourth-order valence-corrected chi connectivity index (χ4v) is 2.38. The number of hydrogen-bond donors (Lipinski definition) is 1. The summed E-state index contributed by atoms with van der Waals surface area (Å²) in [4.78, 5) is 0. The molecule has 18 heavy (non-hydrogen) atoms. The lowest BCUT2D eigenvalue weighted by Gasteiger charge is -2.29. The van der Waals surface area contributed by atoms with Crippen molar-refractivity contribution in [3.63, 3.8) is 0 Å². The van der Waals surface area contributed by atoms with Gasteiger partial charge in [-0.3, -0.25) is 0 Å². The van der Waals surface area contributed by atoms with Gasteiger partial charge in [-0.1, -0.05) is 67.6 Å². The highest BCUT2D eigenvalue weighted by atomic mass is 16.4. The largest absolute Gasteiger partial charge is 0.411 e. The van der Waals surface area contributed by atoms with Gasteiger partial charge >= 0.3 is 0 Å². The van der Waals surface area contributed by atoms with Gasteiger partial charge in [0.05, 0.1) is 11.6 Å². The summed E-state index contributed by atoms with van der Waals surface area (Å²) < 4.78 is 0. The zero-order valence-electron chi connectivity index (χ0n) is 10.5. The Kier molecular flexibility index (Phi) is 3.78. The van der Waals surface area contributed by atoms with Crippen molar-refractivity contribution in [1.29, 1.82) is 0 Å². The second-order valence-corrected chi connectivity index (χ2v) is 4.30. The fourth-order valence-electron chi connectivity index (χ4n) is 2.38. The van der Waals surface area contributed by atoms with Crippen molar-refractivity contribution in [2.45, 2.75) is 18.8 Å². The Morgan fingerprint density at radius 3 is 1.72 bits per heavy atom. The highest BCUT2D eigenvalue weighted by Gasteiger charge is 2.30. The predicted octanol–water partition coefficient (Wildman–Crippen LogP) is 3.84. The molecule has 0 heterocycles. The van der Waals surface area contributed by atoms with E-state index < -0.39 is 0 Å². The van der Waals surface area contributed by atoms with Crippen molar-refractivity contribution in [3.05, 3.63) is 71.8 Å². The lowest BCUT2D eigenvalue weighted by atomic mass is 9.73. The zero-order chi connectivity index (χ0) is 12.8. The summed E-state index contributed by atoms with van der Waals surface area (Å²) in [5.74, 6) is 0. The van der Waals surface area contributed by atoms with Crippen LogP contribution in [0.2, 0.25) is 0 Å². The highest BCUT2D eigenvalue weighted by molar-refractivity contribution is 5.78. The molecule has 0 saturated heterocycles. The van der Waals surface area contributed by atoms with Crippen molar-refractivity contribution in [3.8, 4) is 0 Å². The van der Waals surface area contributed by atoms with Crippen LogP contribution in [-0.2, 0) is 5.41 Å². The lowest BCUT2D eigenvalue weighted by Crippen LogP contribution is -2.28. The van der Waals surface area contributed by atoms with E-state index >= 15 is 0 Å². The Hall–Kier alpha value is -2.09. The first kappa shape index (κ1) is 12.4. The van der Waals surface area contributed by atoms with Gasteiger partial charge in [-0.25, -0.2) is 0 Å². The quantitative estimate of drug-likeness (QED) is 0.490. The van der Waals surface area contributed by atoms with E-state index in [0.29, 0.717) is 0 Å². The summed E-state index contributed by atoms with van der Waals surface area (Å²) >= 11 is 0. The normalized spacial score (nSPS) is 11.8. The van der Waals surface area contributed by atoms with Gasteiger partial charge in [0, 0.05) is 0 Å². The smallest absolute Gasteiger partial charge is 0.0585 e. The molecule has 92 valence electrons. The topological polar surface area (TPSA) is 32.6 Å². The molecule has 0 aliphatic carbocycles. The van der Waals surface area contributed by atoms with Gasteiger partial charge in [0.1, 0.15) is 0 Å². The Bertz CT molecular complexity index is 466. The Labute approximate surface area is 108 Å². The monoisotopic (exact) mass is 239 g/mol. The van der Waals surface area contributed by atoms with Crippen LogP contribution in [0.5, 0.6) is 0 Å². The summed E-state index contributed by atoms with van der Waals surface area (Å²) in [5, 5.41) is 12.3. The highest BCUT2D eigenvalue weighted by Crippen LogP contribution is 2.33. The molecule has 0 bridgehead atoms. The van der Waals surface area contributed by atoms with Gasteiger partial charge in [-0.15, -0.1) is 5.16 Å². The molecule has 2 rings (SSSR count). The molecular weight excluding hydrogens is 222 g/mol. The molecule has 0 amide bonds. The third-order valence-corrected chi connectivity index (χ3v) is 3.41. The van der Waals surface area contributed by atoms with Crippen molar-refractivity contribution in [2.75, 3.05) is 0 Å². The molecule has 0 radical (unpaired) electrons. The van der Waals surface area contributed by atoms with Crippen LogP contribution in [0.25, 0.3) is 0 Å². The minimum absolute atomic E-state index is 0.364. The molecule has 2 aromatic rings. The Balaban J connectivity index is 2.61. The number of rotatable bonds is 4. The number of benzene rings is 2. The molecule has 0 aromatic heterocycles. The third kappa shape index (κ3) is 2.14. The summed E-state index contributed by atoms with van der Waals surface area (Å²) in [5.41, 5.74) is 1.91. The van der Waals surface area contributed by atoms with E-state index in [0.717, 1.165) is 17.5 Å². The van der Waals surface area contributed by atoms with Crippen LogP contribution >= 0.6 is 0 Å². The van der Waals surface area contributed by atoms with Gasteiger partial charge in [-0.2, -0.15) is 0 Å². The molecule has 2 heteroatoms. The SMILES string of the molecule is CCC(C=NO)(c1ccccc1)c1ccccc1. The van der Waals surface area contributed by atoms with Crippen LogP contribution in [0, 0.1) is 0 Å². The zero-order valence-corrected chi connectivity index (χ0v) is 10.5. The molecule has 0 unspecified atom stereocenters. The molecule has 0 saturated carbocycles. The maximum atomic E-state index is 9.03. The molecule has 2 aromatic carbocycles. The average molecular weight is 239 g/mol. The second-order valence-electron chi connectivity index (χ2n) is 4.30. The minimum atomic E-state index is -0.364. The molecule has 0 aliphatic rings. The second kappa shape index (κ2) is 5.50. The van der Waals surface area contributed by atoms with Crippen LogP contribution in [0.15, 0.2) is 65.8 Å². The van der Waals surface area contributed by atoms with E-state index in [-0.39, 0.29) is 5.41 Å². The van der Waals surface area contributed by atoms with E-state index in [1.165, 1.54) is 0 Å². The van der Waals surface area contributed by atoms with E-state index in [9.17, 15) is 0 Å². The number of nitrogens with zero attached hydrogens (tertiary/aromatic N) is 1. The summed E-state index contributed by atoms with van der Waals surface area (Å²) in [6.07, 6.45) is 2.46. The van der Waals surface area contributed by atoms with Gasteiger partial charge in [0.25, 0.3) is 0 Å².